The van der Waals surface area contributed by atoms with Crippen LogP contribution in [-0.4, -0.2) is 12.2 Å². The number of rotatable bonds is 2. The van der Waals surface area contributed by atoms with Gasteiger partial charge in [-0.2, -0.15) is 0 Å². The molecule has 0 atom stereocenters. The van der Waals surface area contributed by atoms with Crippen molar-refractivity contribution >= 4 is 15.9 Å². The summed E-state index contributed by atoms with van der Waals surface area (Å²) in [6.07, 6.45) is 4.59. The van der Waals surface area contributed by atoms with E-state index in [2.05, 4.69) is 15.9 Å². The SMILES string of the molecule is COc1cc(F)c(Br)c(C2(N)CCCCC2)c1O. The second-order valence-electron chi connectivity index (χ2n) is 4.82. The quantitative estimate of drug-likeness (QED) is 0.878. The van der Waals surface area contributed by atoms with E-state index < -0.39 is 11.4 Å². The van der Waals surface area contributed by atoms with Crippen molar-refractivity contribution in [1.82, 2.24) is 0 Å². The first-order chi connectivity index (χ1) is 8.49. The van der Waals surface area contributed by atoms with Crippen LogP contribution in [0.25, 0.3) is 0 Å². The third-order valence-electron chi connectivity index (χ3n) is 3.62. The van der Waals surface area contributed by atoms with Crippen molar-refractivity contribution in [3.05, 3.63) is 21.9 Å². The van der Waals surface area contributed by atoms with Gasteiger partial charge in [0.25, 0.3) is 0 Å². The lowest BCUT2D eigenvalue weighted by Crippen LogP contribution is -2.39. The normalized spacial score (nSPS) is 18.7. The molecule has 3 nitrogen and oxygen atoms in total. The average molecular weight is 318 g/mol. The Morgan fingerprint density at radius 3 is 2.56 bits per heavy atom. The zero-order valence-electron chi connectivity index (χ0n) is 10.3. The fraction of sp³-hybridized carbons (Fsp3) is 0.538. The summed E-state index contributed by atoms with van der Waals surface area (Å²) in [5.41, 5.74) is 6.11. The zero-order chi connectivity index (χ0) is 13.3. The Morgan fingerprint density at radius 1 is 1.39 bits per heavy atom. The van der Waals surface area contributed by atoms with E-state index in [1.165, 1.54) is 7.11 Å². The summed E-state index contributed by atoms with van der Waals surface area (Å²) in [4.78, 5) is 0. The van der Waals surface area contributed by atoms with Gasteiger partial charge in [0.2, 0.25) is 0 Å². The molecule has 0 heterocycles. The Balaban J connectivity index is 2.58. The number of ether oxygens (including phenoxy) is 1. The van der Waals surface area contributed by atoms with Crippen LogP contribution in [0.3, 0.4) is 0 Å². The van der Waals surface area contributed by atoms with Crippen molar-refractivity contribution in [1.29, 1.82) is 0 Å². The van der Waals surface area contributed by atoms with Crippen LogP contribution < -0.4 is 10.5 Å². The topological polar surface area (TPSA) is 55.5 Å². The fourth-order valence-corrected chi connectivity index (χ4v) is 3.33. The summed E-state index contributed by atoms with van der Waals surface area (Å²) >= 11 is 3.19. The average Bonchev–Trinajstić information content (AvgIpc) is 2.34. The zero-order valence-corrected chi connectivity index (χ0v) is 11.9. The van der Waals surface area contributed by atoms with E-state index >= 15 is 0 Å². The summed E-state index contributed by atoms with van der Waals surface area (Å²) < 4.78 is 19.1. The van der Waals surface area contributed by atoms with Crippen molar-refractivity contribution in [2.75, 3.05) is 7.11 Å². The second-order valence-corrected chi connectivity index (χ2v) is 5.61. The van der Waals surface area contributed by atoms with E-state index in [9.17, 15) is 9.50 Å². The molecule has 2 rings (SSSR count). The summed E-state index contributed by atoms with van der Waals surface area (Å²) in [5.74, 6) is -0.397. The predicted octanol–water partition coefficient (Wildman–Crippen LogP) is 3.42. The molecule has 1 aliphatic rings. The molecule has 0 aromatic heterocycles. The van der Waals surface area contributed by atoms with Gasteiger partial charge >= 0.3 is 0 Å². The molecule has 0 unspecified atom stereocenters. The number of aromatic hydroxyl groups is 1. The molecular weight excluding hydrogens is 301 g/mol. The summed E-state index contributed by atoms with van der Waals surface area (Å²) in [6, 6.07) is 1.16. The molecule has 0 radical (unpaired) electrons. The van der Waals surface area contributed by atoms with Gasteiger partial charge in [-0.3, -0.25) is 0 Å². The molecule has 1 aromatic rings. The second kappa shape index (κ2) is 5.05. The van der Waals surface area contributed by atoms with Crippen molar-refractivity contribution < 1.29 is 14.2 Å². The first-order valence-electron chi connectivity index (χ1n) is 6.04. The fourth-order valence-electron chi connectivity index (χ4n) is 2.64. The Labute approximate surface area is 114 Å². The first kappa shape index (κ1) is 13.6. The van der Waals surface area contributed by atoms with E-state index in [0.29, 0.717) is 5.56 Å². The number of methoxy groups -OCH3 is 1. The lowest BCUT2D eigenvalue weighted by molar-refractivity contribution is 0.283. The lowest BCUT2D eigenvalue weighted by Gasteiger charge is -2.35. The predicted molar refractivity (Wildman–Crippen MR) is 71.3 cm³/mol. The standard InChI is InChI=1S/C13H17BrFNO2/c1-18-9-7-8(15)11(14)10(12(9)17)13(16)5-3-2-4-6-13/h7,17H,2-6,16H2,1H3. The van der Waals surface area contributed by atoms with Crippen LogP contribution in [0.5, 0.6) is 11.5 Å². The van der Waals surface area contributed by atoms with Gasteiger partial charge in [0.1, 0.15) is 5.82 Å². The van der Waals surface area contributed by atoms with Gasteiger partial charge < -0.3 is 15.6 Å². The highest BCUT2D eigenvalue weighted by atomic mass is 79.9. The van der Waals surface area contributed by atoms with Gasteiger partial charge in [-0.1, -0.05) is 19.3 Å². The summed E-state index contributed by atoms with van der Waals surface area (Å²) in [7, 11) is 1.40. The number of nitrogens with two attached hydrogens (primary N) is 1. The van der Waals surface area contributed by atoms with E-state index in [1.807, 2.05) is 0 Å². The van der Waals surface area contributed by atoms with Gasteiger partial charge in [-0.25, -0.2) is 4.39 Å². The highest BCUT2D eigenvalue weighted by Crippen LogP contribution is 2.47. The molecule has 5 heteroatoms. The van der Waals surface area contributed by atoms with E-state index in [4.69, 9.17) is 10.5 Å². The van der Waals surface area contributed by atoms with Crippen LogP contribution in [0, 0.1) is 5.82 Å². The van der Waals surface area contributed by atoms with Crippen molar-refractivity contribution in [2.45, 2.75) is 37.6 Å². The lowest BCUT2D eigenvalue weighted by atomic mass is 9.77. The minimum Gasteiger partial charge on any atom is -0.504 e. The molecule has 18 heavy (non-hydrogen) atoms. The van der Waals surface area contributed by atoms with Crippen molar-refractivity contribution in [2.24, 2.45) is 5.73 Å². The molecule has 0 aliphatic heterocycles. The van der Waals surface area contributed by atoms with E-state index in [1.54, 1.807) is 0 Å². The molecule has 0 spiro atoms. The van der Waals surface area contributed by atoms with Crippen LogP contribution >= 0.6 is 15.9 Å². The third-order valence-corrected chi connectivity index (χ3v) is 4.40. The maximum Gasteiger partial charge on any atom is 0.164 e. The first-order valence-corrected chi connectivity index (χ1v) is 6.83. The molecule has 0 bridgehead atoms. The summed E-state index contributed by atoms with van der Waals surface area (Å²) in [6.45, 7) is 0. The van der Waals surface area contributed by atoms with Crippen molar-refractivity contribution in [3.63, 3.8) is 0 Å². The van der Waals surface area contributed by atoms with Gasteiger partial charge in [-0.05, 0) is 28.8 Å². The molecule has 0 amide bonds. The van der Waals surface area contributed by atoms with Crippen LogP contribution in [0.1, 0.15) is 37.7 Å². The Kier molecular flexibility index (Phi) is 3.82. The summed E-state index contributed by atoms with van der Waals surface area (Å²) in [5, 5.41) is 10.2. The van der Waals surface area contributed by atoms with Gasteiger partial charge in [0.15, 0.2) is 11.5 Å². The number of phenols is 1. The highest BCUT2D eigenvalue weighted by Gasteiger charge is 2.36. The molecule has 1 saturated carbocycles. The molecule has 3 N–H and O–H groups in total. The maximum absolute atomic E-state index is 13.8. The number of phenolic OH excluding ortho intramolecular Hbond substituents is 1. The monoisotopic (exact) mass is 317 g/mol. The van der Waals surface area contributed by atoms with Crippen molar-refractivity contribution in [3.8, 4) is 11.5 Å². The largest absolute Gasteiger partial charge is 0.504 e. The van der Waals surface area contributed by atoms with Crippen LogP contribution in [-0.2, 0) is 5.54 Å². The number of hydrogen-bond donors (Lipinski definition) is 2. The molecule has 1 fully saturated rings. The van der Waals surface area contributed by atoms with Gasteiger partial charge in [0.05, 0.1) is 11.6 Å². The Bertz CT molecular complexity index is 459. The molecule has 100 valence electrons. The van der Waals surface area contributed by atoms with Gasteiger partial charge in [-0.15, -0.1) is 0 Å². The number of benzene rings is 1. The van der Waals surface area contributed by atoms with Crippen LogP contribution in [0.2, 0.25) is 0 Å². The minimum absolute atomic E-state index is 0.0600. The van der Waals surface area contributed by atoms with Crippen LogP contribution in [0.4, 0.5) is 4.39 Å². The maximum atomic E-state index is 13.8. The minimum atomic E-state index is -0.684. The molecule has 1 aromatic carbocycles. The van der Waals surface area contributed by atoms with E-state index in [0.717, 1.165) is 38.2 Å². The smallest absolute Gasteiger partial charge is 0.164 e. The number of halogens is 2. The van der Waals surface area contributed by atoms with E-state index in [-0.39, 0.29) is 16.0 Å². The Morgan fingerprint density at radius 2 is 2.00 bits per heavy atom. The van der Waals surface area contributed by atoms with Gasteiger partial charge in [0, 0.05) is 17.2 Å². The van der Waals surface area contributed by atoms with Crippen LogP contribution in [0.15, 0.2) is 10.5 Å². The number of hydrogen-bond acceptors (Lipinski definition) is 3. The molecule has 1 aliphatic carbocycles. The molecular formula is C13H17BrFNO2. The third kappa shape index (κ3) is 2.21. The molecule has 0 saturated heterocycles. The Hall–Kier alpha value is -0.810. The highest BCUT2D eigenvalue weighted by molar-refractivity contribution is 9.10.